The van der Waals surface area contributed by atoms with Crippen LogP contribution in [-0.2, 0) is 14.3 Å². The lowest BCUT2D eigenvalue weighted by atomic mass is 10.0. The minimum absolute atomic E-state index is 0.432. The number of aryl methyl sites for hydroxylation is 1. The second-order valence-corrected chi connectivity index (χ2v) is 9.24. The van der Waals surface area contributed by atoms with Crippen LogP contribution >= 0.6 is 15.9 Å². The predicted molar refractivity (Wildman–Crippen MR) is 112 cm³/mol. The average Bonchev–Trinajstić information content (AvgIpc) is 2.54. The number of hydrogen-bond donors (Lipinski definition) is 0. The van der Waals surface area contributed by atoms with Crippen molar-refractivity contribution in [3.63, 3.8) is 0 Å². The van der Waals surface area contributed by atoms with Crippen molar-refractivity contribution in [3.8, 4) is 0 Å². The Morgan fingerprint density at radius 2 is 1.85 bits per heavy atom. The SMILES string of the molecule is CCN(c1nc(C)cc(C(C)OS(C)(=O)=O)n1)c1ccc(C(C)C)cc1Br. The predicted octanol–water partition coefficient (Wildman–Crippen LogP) is 4.87. The molecule has 0 spiro atoms. The van der Waals surface area contributed by atoms with E-state index in [1.165, 1.54) is 5.56 Å². The molecule has 6 nitrogen and oxygen atoms in total. The summed E-state index contributed by atoms with van der Waals surface area (Å²) in [5.74, 6) is 0.940. The molecule has 1 unspecified atom stereocenters. The van der Waals surface area contributed by atoms with Gasteiger partial charge in [-0.25, -0.2) is 9.97 Å². The highest BCUT2D eigenvalue weighted by atomic mass is 79.9. The fraction of sp³-hybridized carbons (Fsp3) is 0.474. The molecule has 148 valence electrons. The first-order chi connectivity index (χ1) is 12.5. The van der Waals surface area contributed by atoms with Crippen molar-refractivity contribution in [1.29, 1.82) is 0 Å². The molecule has 0 bridgehead atoms. The lowest BCUT2D eigenvalue weighted by Crippen LogP contribution is -2.21. The normalized spacial score (nSPS) is 13.0. The highest BCUT2D eigenvalue weighted by Crippen LogP contribution is 2.33. The first-order valence-electron chi connectivity index (χ1n) is 8.82. The summed E-state index contributed by atoms with van der Waals surface area (Å²) in [6.45, 7) is 10.5. The standard InChI is InChI=1S/C19H26BrN3O3S/c1-7-23(18-9-8-15(12(2)3)11-16(18)20)19-21-13(4)10-17(22-19)14(5)26-27(6,24)25/h8-12,14H,7H2,1-6H3. The quantitative estimate of drug-likeness (QED) is 0.554. The molecule has 27 heavy (non-hydrogen) atoms. The number of nitrogens with zero attached hydrogens (tertiary/aromatic N) is 3. The third-order valence-electron chi connectivity index (χ3n) is 4.08. The Morgan fingerprint density at radius 3 is 2.37 bits per heavy atom. The molecule has 1 heterocycles. The van der Waals surface area contributed by atoms with Crippen molar-refractivity contribution < 1.29 is 12.6 Å². The number of rotatable bonds is 7. The van der Waals surface area contributed by atoms with E-state index in [4.69, 9.17) is 4.18 Å². The molecular weight excluding hydrogens is 430 g/mol. The molecule has 0 aliphatic heterocycles. The van der Waals surface area contributed by atoms with Crippen molar-refractivity contribution in [2.75, 3.05) is 17.7 Å². The van der Waals surface area contributed by atoms with Gasteiger partial charge in [-0.2, -0.15) is 8.42 Å². The van der Waals surface area contributed by atoms with Gasteiger partial charge in [-0.3, -0.25) is 4.18 Å². The molecule has 0 fully saturated rings. The van der Waals surface area contributed by atoms with Gasteiger partial charge in [-0.15, -0.1) is 0 Å². The van der Waals surface area contributed by atoms with E-state index in [1.807, 2.05) is 24.8 Å². The lowest BCUT2D eigenvalue weighted by molar-refractivity contribution is 0.231. The summed E-state index contributed by atoms with van der Waals surface area (Å²) in [6, 6.07) is 7.99. The molecule has 0 radical (unpaired) electrons. The number of halogens is 1. The maximum Gasteiger partial charge on any atom is 0.265 e. The first kappa shape index (κ1) is 21.8. The van der Waals surface area contributed by atoms with Crippen LogP contribution in [0.1, 0.15) is 56.7 Å². The molecule has 1 aromatic carbocycles. The van der Waals surface area contributed by atoms with Gasteiger partial charge in [0.2, 0.25) is 5.95 Å². The van der Waals surface area contributed by atoms with E-state index in [-0.39, 0.29) is 0 Å². The number of benzene rings is 1. The molecule has 0 amide bonds. The molecule has 2 aromatic rings. The van der Waals surface area contributed by atoms with Crippen molar-refractivity contribution in [3.05, 3.63) is 45.7 Å². The van der Waals surface area contributed by atoms with Gasteiger partial charge in [0.25, 0.3) is 10.1 Å². The zero-order valence-electron chi connectivity index (χ0n) is 16.5. The highest BCUT2D eigenvalue weighted by molar-refractivity contribution is 9.10. The van der Waals surface area contributed by atoms with E-state index in [0.29, 0.717) is 24.1 Å². The Kier molecular flexibility index (Phi) is 6.99. The van der Waals surface area contributed by atoms with Crippen molar-refractivity contribution in [2.45, 2.75) is 46.6 Å². The highest BCUT2D eigenvalue weighted by Gasteiger charge is 2.19. The fourth-order valence-electron chi connectivity index (χ4n) is 2.74. The molecule has 2 rings (SSSR count). The van der Waals surface area contributed by atoms with Crippen molar-refractivity contribution >= 4 is 37.7 Å². The van der Waals surface area contributed by atoms with Crippen LogP contribution in [0.5, 0.6) is 0 Å². The second-order valence-electron chi connectivity index (χ2n) is 6.79. The van der Waals surface area contributed by atoms with Gasteiger partial charge in [0.05, 0.1) is 17.6 Å². The van der Waals surface area contributed by atoms with Gasteiger partial charge < -0.3 is 4.90 Å². The van der Waals surface area contributed by atoms with Gasteiger partial charge in [-0.05, 0) is 66.4 Å². The van der Waals surface area contributed by atoms with Crippen molar-refractivity contribution in [1.82, 2.24) is 9.97 Å². The number of hydrogen-bond acceptors (Lipinski definition) is 6. The molecule has 1 aromatic heterocycles. The van der Waals surface area contributed by atoms with E-state index in [1.54, 1.807) is 13.0 Å². The molecular formula is C19H26BrN3O3S. The maximum absolute atomic E-state index is 11.4. The van der Waals surface area contributed by atoms with E-state index in [0.717, 1.165) is 22.1 Å². The van der Waals surface area contributed by atoms with Crippen LogP contribution in [0.4, 0.5) is 11.6 Å². The topological polar surface area (TPSA) is 72.4 Å². The molecule has 0 N–H and O–H groups in total. The Morgan fingerprint density at radius 1 is 1.19 bits per heavy atom. The molecule has 0 aliphatic rings. The molecule has 0 aliphatic carbocycles. The van der Waals surface area contributed by atoms with Crippen LogP contribution in [0.3, 0.4) is 0 Å². The van der Waals surface area contributed by atoms with Gasteiger partial charge in [0.1, 0.15) is 6.10 Å². The Bertz CT molecular complexity index is 916. The minimum Gasteiger partial charge on any atom is -0.310 e. The van der Waals surface area contributed by atoms with Gasteiger partial charge in [0, 0.05) is 16.7 Å². The van der Waals surface area contributed by atoms with Crippen molar-refractivity contribution in [2.24, 2.45) is 0 Å². The zero-order chi connectivity index (χ0) is 20.4. The number of aromatic nitrogens is 2. The number of anilines is 2. The summed E-state index contributed by atoms with van der Waals surface area (Å²) >= 11 is 3.66. The smallest absolute Gasteiger partial charge is 0.265 e. The summed E-state index contributed by atoms with van der Waals surface area (Å²) in [5.41, 5.74) is 3.46. The third kappa shape index (κ3) is 5.73. The average molecular weight is 456 g/mol. The lowest BCUT2D eigenvalue weighted by Gasteiger charge is -2.24. The van der Waals surface area contributed by atoms with Crippen LogP contribution < -0.4 is 4.90 Å². The van der Waals surface area contributed by atoms with Gasteiger partial charge in [0.15, 0.2) is 0 Å². The van der Waals surface area contributed by atoms with Crippen LogP contribution in [-0.4, -0.2) is 31.2 Å². The second kappa shape index (κ2) is 8.67. The van der Waals surface area contributed by atoms with E-state index < -0.39 is 16.2 Å². The Hall–Kier alpha value is -1.51. The summed E-state index contributed by atoms with van der Waals surface area (Å²) in [5, 5.41) is 0. The third-order valence-corrected chi connectivity index (χ3v) is 5.36. The van der Waals surface area contributed by atoms with Gasteiger partial charge >= 0.3 is 0 Å². The van der Waals surface area contributed by atoms with E-state index in [2.05, 4.69) is 51.9 Å². The van der Waals surface area contributed by atoms with Gasteiger partial charge in [-0.1, -0.05) is 19.9 Å². The molecule has 0 saturated carbocycles. The van der Waals surface area contributed by atoms with E-state index in [9.17, 15) is 8.42 Å². The molecule has 8 heteroatoms. The summed E-state index contributed by atoms with van der Waals surface area (Å²) in [7, 11) is -3.58. The Labute approximate surface area is 170 Å². The molecule has 1 atom stereocenters. The molecule has 0 saturated heterocycles. The fourth-order valence-corrected chi connectivity index (χ4v) is 3.97. The largest absolute Gasteiger partial charge is 0.310 e. The summed E-state index contributed by atoms with van der Waals surface area (Å²) in [4.78, 5) is 11.1. The van der Waals surface area contributed by atoms with Crippen LogP contribution in [0.2, 0.25) is 0 Å². The van der Waals surface area contributed by atoms with E-state index >= 15 is 0 Å². The first-order valence-corrected chi connectivity index (χ1v) is 11.4. The Balaban J connectivity index is 2.46. The monoisotopic (exact) mass is 455 g/mol. The van der Waals surface area contributed by atoms with Crippen LogP contribution in [0, 0.1) is 6.92 Å². The summed E-state index contributed by atoms with van der Waals surface area (Å²) < 4.78 is 28.9. The van der Waals surface area contributed by atoms with Crippen LogP contribution in [0.25, 0.3) is 0 Å². The zero-order valence-corrected chi connectivity index (χ0v) is 18.9. The van der Waals surface area contributed by atoms with Crippen LogP contribution in [0.15, 0.2) is 28.7 Å². The summed E-state index contributed by atoms with van der Waals surface area (Å²) in [6.07, 6.45) is 0.343. The minimum atomic E-state index is -3.58. The maximum atomic E-state index is 11.4.